The van der Waals surface area contributed by atoms with Gasteiger partial charge in [0.1, 0.15) is 10.7 Å². The van der Waals surface area contributed by atoms with Crippen LogP contribution in [0.15, 0.2) is 35.7 Å². The highest BCUT2D eigenvalue weighted by atomic mass is 32.2. The van der Waals surface area contributed by atoms with Gasteiger partial charge in [-0.3, -0.25) is 4.79 Å². The molecule has 0 bridgehead atoms. The summed E-state index contributed by atoms with van der Waals surface area (Å²) in [6.07, 6.45) is 0.220. The lowest BCUT2D eigenvalue weighted by molar-refractivity contribution is -0.143. The summed E-state index contributed by atoms with van der Waals surface area (Å²) >= 11 is 0. The zero-order chi connectivity index (χ0) is 21.6. The number of amides is 1. The highest BCUT2D eigenvalue weighted by Crippen LogP contribution is 2.18. The molecule has 0 spiro atoms. The zero-order valence-corrected chi connectivity index (χ0v) is 17.5. The van der Waals surface area contributed by atoms with Gasteiger partial charge in [0.2, 0.25) is 10.0 Å². The molecule has 156 valence electrons. The molecule has 0 aliphatic carbocycles. The SMILES string of the molecule is C=CCNS(=O)(=O)c1cc(C(=O)OC(C)C(=O)N(C(C)C)C(C)C)ccc1F. The molecule has 1 unspecified atom stereocenters. The van der Waals surface area contributed by atoms with Crippen LogP contribution in [0.4, 0.5) is 4.39 Å². The smallest absolute Gasteiger partial charge is 0.338 e. The third-order valence-electron chi connectivity index (χ3n) is 3.87. The Bertz CT molecular complexity index is 829. The van der Waals surface area contributed by atoms with E-state index in [4.69, 9.17) is 4.74 Å². The van der Waals surface area contributed by atoms with E-state index in [1.807, 2.05) is 27.7 Å². The number of benzene rings is 1. The fraction of sp³-hybridized carbons (Fsp3) is 0.474. The summed E-state index contributed by atoms with van der Waals surface area (Å²) in [4.78, 5) is 25.8. The minimum absolute atomic E-state index is 0.0906. The number of nitrogens with zero attached hydrogens (tertiary/aromatic N) is 1. The van der Waals surface area contributed by atoms with E-state index in [9.17, 15) is 22.4 Å². The van der Waals surface area contributed by atoms with Crippen molar-refractivity contribution >= 4 is 21.9 Å². The largest absolute Gasteiger partial charge is 0.449 e. The predicted molar refractivity (Wildman–Crippen MR) is 104 cm³/mol. The Morgan fingerprint density at radius 3 is 2.29 bits per heavy atom. The minimum atomic E-state index is -4.17. The predicted octanol–water partition coefficient (Wildman–Crippen LogP) is 2.48. The third-order valence-corrected chi connectivity index (χ3v) is 5.31. The van der Waals surface area contributed by atoms with Crippen LogP contribution in [-0.2, 0) is 19.6 Å². The van der Waals surface area contributed by atoms with Crippen molar-refractivity contribution in [2.45, 2.75) is 57.7 Å². The van der Waals surface area contributed by atoms with Crippen LogP contribution in [0.25, 0.3) is 0 Å². The molecule has 0 aliphatic rings. The normalized spacial score (nSPS) is 12.7. The Hall–Kier alpha value is -2.26. The Kier molecular flexibility index (Phi) is 8.31. The number of carbonyl (C=O) groups is 2. The molecule has 0 aromatic heterocycles. The van der Waals surface area contributed by atoms with E-state index in [0.717, 1.165) is 18.2 Å². The standard InChI is InChI=1S/C19H27FN2O5S/c1-7-10-21-28(25,26)17-11-15(8-9-16(17)20)19(24)27-14(6)18(23)22(12(2)3)13(4)5/h7-9,11-14,21H,1,10H2,2-6H3. The molecule has 1 atom stereocenters. The second kappa shape index (κ2) is 9.79. The molecule has 1 amide bonds. The van der Waals surface area contributed by atoms with Crippen LogP contribution in [0.5, 0.6) is 0 Å². The molecule has 0 heterocycles. The molecule has 0 fully saturated rings. The maximum absolute atomic E-state index is 14.0. The van der Waals surface area contributed by atoms with Gasteiger partial charge in [-0.2, -0.15) is 0 Å². The van der Waals surface area contributed by atoms with Crippen molar-refractivity contribution in [3.05, 3.63) is 42.2 Å². The van der Waals surface area contributed by atoms with Crippen LogP contribution in [0.1, 0.15) is 45.0 Å². The molecule has 7 nitrogen and oxygen atoms in total. The summed E-state index contributed by atoms with van der Waals surface area (Å²) in [5, 5.41) is 0. The molecule has 1 rings (SSSR count). The molecule has 0 saturated heterocycles. The average molecular weight is 414 g/mol. The molecule has 1 aromatic carbocycles. The van der Waals surface area contributed by atoms with Gasteiger partial charge in [-0.15, -0.1) is 6.58 Å². The van der Waals surface area contributed by atoms with Crippen molar-refractivity contribution in [1.82, 2.24) is 9.62 Å². The van der Waals surface area contributed by atoms with E-state index in [1.54, 1.807) is 4.90 Å². The fourth-order valence-corrected chi connectivity index (χ4v) is 3.78. The summed E-state index contributed by atoms with van der Waals surface area (Å²) in [6, 6.07) is 2.66. The number of rotatable bonds is 9. The summed E-state index contributed by atoms with van der Waals surface area (Å²) < 4.78 is 45.6. The molecule has 0 aliphatic heterocycles. The lowest BCUT2D eigenvalue weighted by Crippen LogP contribution is -2.47. The monoisotopic (exact) mass is 414 g/mol. The first-order valence-electron chi connectivity index (χ1n) is 8.85. The first-order chi connectivity index (χ1) is 12.9. The molecular weight excluding hydrogens is 387 g/mol. The Labute approximate surface area is 165 Å². The van der Waals surface area contributed by atoms with E-state index >= 15 is 0 Å². The first-order valence-corrected chi connectivity index (χ1v) is 10.3. The third kappa shape index (κ3) is 5.87. The summed E-state index contributed by atoms with van der Waals surface area (Å²) in [5.74, 6) is -2.31. The van der Waals surface area contributed by atoms with Gasteiger partial charge in [-0.1, -0.05) is 6.08 Å². The molecule has 28 heavy (non-hydrogen) atoms. The Morgan fingerprint density at radius 1 is 1.21 bits per heavy atom. The zero-order valence-electron chi connectivity index (χ0n) is 16.7. The van der Waals surface area contributed by atoms with Crippen LogP contribution < -0.4 is 4.72 Å². The highest BCUT2D eigenvalue weighted by molar-refractivity contribution is 7.89. The van der Waals surface area contributed by atoms with Crippen LogP contribution in [0.2, 0.25) is 0 Å². The topological polar surface area (TPSA) is 92.8 Å². The highest BCUT2D eigenvalue weighted by Gasteiger charge is 2.28. The molecule has 0 saturated carbocycles. The van der Waals surface area contributed by atoms with Gasteiger partial charge in [0, 0.05) is 18.6 Å². The first kappa shape index (κ1) is 23.8. The molecule has 9 heteroatoms. The molecule has 1 N–H and O–H groups in total. The lowest BCUT2D eigenvalue weighted by atomic mass is 10.2. The molecule has 0 radical (unpaired) electrons. The van der Waals surface area contributed by atoms with Crippen LogP contribution in [0.3, 0.4) is 0 Å². The Balaban J connectivity index is 3.06. The van der Waals surface area contributed by atoms with E-state index in [1.165, 1.54) is 13.0 Å². The van der Waals surface area contributed by atoms with Crippen molar-refractivity contribution in [1.29, 1.82) is 0 Å². The van der Waals surface area contributed by atoms with Gasteiger partial charge >= 0.3 is 5.97 Å². The maximum Gasteiger partial charge on any atom is 0.338 e. The van der Waals surface area contributed by atoms with E-state index in [0.29, 0.717) is 0 Å². The van der Waals surface area contributed by atoms with Gasteiger partial charge in [0.25, 0.3) is 5.91 Å². The second-order valence-electron chi connectivity index (χ2n) is 6.77. The Morgan fingerprint density at radius 2 is 1.79 bits per heavy atom. The maximum atomic E-state index is 14.0. The van der Waals surface area contributed by atoms with Crippen molar-refractivity contribution in [2.24, 2.45) is 0 Å². The van der Waals surface area contributed by atoms with Gasteiger partial charge in [0.05, 0.1) is 5.56 Å². The fourth-order valence-electron chi connectivity index (χ4n) is 2.68. The van der Waals surface area contributed by atoms with Crippen molar-refractivity contribution < 1.29 is 27.1 Å². The van der Waals surface area contributed by atoms with Crippen molar-refractivity contribution in [3.63, 3.8) is 0 Å². The van der Waals surface area contributed by atoms with E-state index in [-0.39, 0.29) is 30.1 Å². The number of halogens is 1. The van der Waals surface area contributed by atoms with Crippen LogP contribution >= 0.6 is 0 Å². The quantitative estimate of drug-likeness (QED) is 0.495. The van der Waals surface area contributed by atoms with Gasteiger partial charge in [0.15, 0.2) is 6.10 Å². The molecular formula is C19H27FN2O5S. The number of nitrogens with one attached hydrogen (secondary N) is 1. The number of sulfonamides is 1. The van der Waals surface area contributed by atoms with E-state index < -0.39 is 32.8 Å². The van der Waals surface area contributed by atoms with Crippen molar-refractivity contribution in [3.8, 4) is 0 Å². The van der Waals surface area contributed by atoms with Gasteiger partial charge < -0.3 is 9.64 Å². The minimum Gasteiger partial charge on any atom is -0.449 e. The number of esters is 1. The van der Waals surface area contributed by atoms with Gasteiger partial charge in [-0.25, -0.2) is 22.3 Å². The number of hydrogen-bond donors (Lipinski definition) is 1. The van der Waals surface area contributed by atoms with E-state index in [2.05, 4.69) is 11.3 Å². The number of carbonyl (C=O) groups excluding carboxylic acids is 2. The number of ether oxygens (including phenoxy) is 1. The summed E-state index contributed by atoms with van der Waals surface area (Å²) in [6.45, 7) is 12.1. The van der Waals surface area contributed by atoms with Crippen LogP contribution in [-0.4, -0.2) is 49.9 Å². The van der Waals surface area contributed by atoms with Gasteiger partial charge in [-0.05, 0) is 52.8 Å². The lowest BCUT2D eigenvalue weighted by Gasteiger charge is -2.32. The van der Waals surface area contributed by atoms with Crippen molar-refractivity contribution in [2.75, 3.05) is 6.54 Å². The number of hydrogen-bond acceptors (Lipinski definition) is 5. The molecule has 1 aromatic rings. The average Bonchev–Trinajstić information content (AvgIpc) is 2.59. The van der Waals surface area contributed by atoms with Crippen LogP contribution in [0, 0.1) is 5.82 Å². The summed E-state index contributed by atoms with van der Waals surface area (Å²) in [5.41, 5.74) is -0.180. The second-order valence-corrected chi connectivity index (χ2v) is 8.50. The summed E-state index contributed by atoms with van der Waals surface area (Å²) in [7, 11) is -4.17.